The van der Waals surface area contributed by atoms with Gasteiger partial charge in [0.25, 0.3) is 5.91 Å². The first-order chi connectivity index (χ1) is 16.0. The molecule has 2 aromatic rings. The third kappa shape index (κ3) is 8.69. The molecule has 2 aromatic carbocycles. The molecule has 2 rings (SSSR count). The third-order valence-corrected chi connectivity index (χ3v) is 4.72. The van der Waals surface area contributed by atoms with Gasteiger partial charge in [-0.15, -0.1) is 0 Å². The summed E-state index contributed by atoms with van der Waals surface area (Å²) in [5.74, 6) is 0.530. The zero-order valence-corrected chi connectivity index (χ0v) is 19.3. The van der Waals surface area contributed by atoms with Crippen molar-refractivity contribution < 1.29 is 23.8 Å². The molecule has 1 N–H and O–H groups in total. The Morgan fingerprint density at radius 3 is 2.52 bits per heavy atom. The molecule has 0 unspecified atom stereocenters. The predicted octanol–water partition coefficient (Wildman–Crippen LogP) is 4.59. The minimum Gasteiger partial charge on any atom is -0.494 e. The van der Waals surface area contributed by atoms with E-state index in [1.165, 1.54) is 13.2 Å². The van der Waals surface area contributed by atoms with Crippen LogP contribution >= 0.6 is 0 Å². The average molecular weight is 451 g/mol. The Bertz CT molecular complexity index is 1010. The summed E-state index contributed by atoms with van der Waals surface area (Å²) in [6.45, 7) is 4.94. The molecule has 0 saturated carbocycles. The van der Waals surface area contributed by atoms with E-state index in [9.17, 15) is 14.9 Å². The van der Waals surface area contributed by atoms with Gasteiger partial charge in [-0.05, 0) is 55.7 Å². The van der Waals surface area contributed by atoms with E-state index in [0.717, 1.165) is 24.2 Å². The smallest absolute Gasteiger partial charge is 0.311 e. The van der Waals surface area contributed by atoms with E-state index in [1.807, 2.05) is 44.2 Å². The van der Waals surface area contributed by atoms with Crippen molar-refractivity contribution in [3.05, 3.63) is 59.2 Å². The number of carbonyl (C=O) groups excluding carboxylic acids is 2. The van der Waals surface area contributed by atoms with E-state index >= 15 is 0 Å². The molecule has 0 aromatic heterocycles. The van der Waals surface area contributed by atoms with Gasteiger partial charge in [-0.25, -0.2) is 0 Å². The number of methoxy groups -OCH3 is 1. The van der Waals surface area contributed by atoms with Crippen LogP contribution in [0.2, 0.25) is 0 Å². The van der Waals surface area contributed by atoms with Gasteiger partial charge in [-0.1, -0.05) is 37.1 Å². The van der Waals surface area contributed by atoms with Gasteiger partial charge in [0.05, 0.1) is 13.7 Å². The fraction of sp³-hybridized carbons (Fsp3) is 0.346. The Morgan fingerprint density at radius 1 is 1.09 bits per heavy atom. The first-order valence-electron chi connectivity index (χ1n) is 10.9. The van der Waals surface area contributed by atoms with Gasteiger partial charge in [0.2, 0.25) is 0 Å². The lowest BCUT2D eigenvalue weighted by Crippen LogP contribution is -2.25. The maximum Gasteiger partial charge on any atom is 0.311 e. The summed E-state index contributed by atoms with van der Waals surface area (Å²) >= 11 is 0. The van der Waals surface area contributed by atoms with Crippen LogP contribution in [-0.4, -0.2) is 32.1 Å². The highest BCUT2D eigenvalue weighted by atomic mass is 16.6. The molecule has 0 aliphatic carbocycles. The zero-order chi connectivity index (χ0) is 24.1. The number of benzene rings is 2. The topological polar surface area (TPSA) is 97.7 Å². The van der Waals surface area contributed by atoms with Crippen LogP contribution in [0.3, 0.4) is 0 Å². The fourth-order valence-corrected chi connectivity index (χ4v) is 2.86. The van der Waals surface area contributed by atoms with Crippen molar-refractivity contribution in [2.75, 3.05) is 20.3 Å². The van der Waals surface area contributed by atoms with E-state index in [1.54, 1.807) is 18.2 Å². The predicted molar refractivity (Wildman–Crippen MR) is 126 cm³/mol. The van der Waals surface area contributed by atoms with Crippen molar-refractivity contribution in [3.63, 3.8) is 0 Å². The third-order valence-electron chi connectivity index (χ3n) is 4.72. The lowest BCUT2D eigenvalue weighted by atomic mass is 10.1. The molecule has 0 saturated heterocycles. The van der Waals surface area contributed by atoms with Gasteiger partial charge in [0.15, 0.2) is 11.5 Å². The maximum absolute atomic E-state index is 12.2. The van der Waals surface area contributed by atoms with Crippen molar-refractivity contribution >= 4 is 18.0 Å². The number of hydrogen-bond acceptors (Lipinski definition) is 6. The SMILES string of the molecule is CCCCNC(=O)/C(C#N)=C/c1ccc(OC(=O)CCCOc2ccc(C)cc2)c(OC)c1. The highest BCUT2D eigenvalue weighted by Crippen LogP contribution is 2.29. The Hall–Kier alpha value is -3.79. The highest BCUT2D eigenvalue weighted by Gasteiger charge is 2.13. The standard InChI is InChI=1S/C26H30N2O5/c1-4-5-14-28-26(30)21(18-27)16-20-10-13-23(24(17-20)31-3)33-25(29)7-6-15-32-22-11-8-19(2)9-12-22/h8-13,16-17H,4-7,14-15H2,1-3H3,(H,28,30)/b21-16+. The number of nitrogens with one attached hydrogen (secondary N) is 1. The summed E-state index contributed by atoms with van der Waals surface area (Å²) in [6.07, 6.45) is 3.96. The van der Waals surface area contributed by atoms with Crippen LogP contribution in [0, 0.1) is 18.3 Å². The summed E-state index contributed by atoms with van der Waals surface area (Å²) in [5.41, 5.74) is 1.73. The maximum atomic E-state index is 12.2. The number of hydrogen-bond donors (Lipinski definition) is 1. The summed E-state index contributed by atoms with van der Waals surface area (Å²) in [6, 6.07) is 14.5. The number of rotatable bonds is 12. The number of amides is 1. The molecule has 0 fully saturated rings. The van der Waals surface area contributed by atoms with Gasteiger partial charge < -0.3 is 19.5 Å². The van der Waals surface area contributed by atoms with Crippen molar-refractivity contribution in [2.24, 2.45) is 0 Å². The zero-order valence-electron chi connectivity index (χ0n) is 19.3. The van der Waals surface area contributed by atoms with E-state index in [-0.39, 0.29) is 17.7 Å². The Labute approximate surface area is 195 Å². The number of ether oxygens (including phenoxy) is 3. The lowest BCUT2D eigenvalue weighted by molar-refractivity contribution is -0.134. The van der Waals surface area contributed by atoms with Gasteiger partial charge in [0, 0.05) is 13.0 Å². The Morgan fingerprint density at radius 2 is 1.85 bits per heavy atom. The number of carbonyl (C=O) groups is 2. The second kappa shape index (κ2) is 13.6. The molecule has 1 amide bonds. The summed E-state index contributed by atoms with van der Waals surface area (Å²) in [7, 11) is 1.46. The van der Waals surface area contributed by atoms with Crippen LogP contribution in [-0.2, 0) is 9.59 Å². The molecule has 0 radical (unpaired) electrons. The number of unbranched alkanes of at least 4 members (excludes halogenated alkanes) is 1. The molecule has 0 atom stereocenters. The molecule has 33 heavy (non-hydrogen) atoms. The normalized spacial score (nSPS) is 10.8. The molecule has 0 aliphatic rings. The van der Waals surface area contributed by atoms with Crippen molar-refractivity contribution in [1.29, 1.82) is 5.26 Å². The summed E-state index contributed by atoms with van der Waals surface area (Å²) in [5, 5.41) is 12.0. The van der Waals surface area contributed by atoms with Crippen LogP contribution in [0.4, 0.5) is 0 Å². The van der Waals surface area contributed by atoms with Gasteiger partial charge in [0.1, 0.15) is 17.4 Å². The largest absolute Gasteiger partial charge is 0.494 e. The molecule has 0 bridgehead atoms. The van der Waals surface area contributed by atoms with Gasteiger partial charge in [-0.2, -0.15) is 5.26 Å². The molecule has 0 spiro atoms. The van der Waals surface area contributed by atoms with Crippen LogP contribution < -0.4 is 19.5 Å². The molecule has 174 valence electrons. The molecule has 7 heteroatoms. The van der Waals surface area contributed by atoms with Crippen molar-refractivity contribution in [2.45, 2.75) is 39.5 Å². The first kappa shape index (κ1) is 25.5. The van der Waals surface area contributed by atoms with Gasteiger partial charge >= 0.3 is 5.97 Å². The van der Waals surface area contributed by atoms with Crippen LogP contribution in [0.25, 0.3) is 6.08 Å². The van der Waals surface area contributed by atoms with E-state index < -0.39 is 11.9 Å². The second-order valence-corrected chi connectivity index (χ2v) is 7.43. The molecular weight excluding hydrogens is 420 g/mol. The fourth-order valence-electron chi connectivity index (χ4n) is 2.86. The van der Waals surface area contributed by atoms with E-state index in [2.05, 4.69) is 5.32 Å². The second-order valence-electron chi connectivity index (χ2n) is 7.43. The van der Waals surface area contributed by atoms with Crippen molar-refractivity contribution in [3.8, 4) is 23.3 Å². The Kier molecular flexibility index (Phi) is 10.5. The number of aryl methyl sites for hydroxylation is 1. The highest BCUT2D eigenvalue weighted by molar-refractivity contribution is 6.01. The summed E-state index contributed by atoms with van der Waals surface area (Å²) < 4.78 is 16.4. The van der Waals surface area contributed by atoms with Gasteiger partial charge in [-0.3, -0.25) is 9.59 Å². The van der Waals surface area contributed by atoms with Crippen LogP contribution in [0.1, 0.15) is 43.7 Å². The lowest BCUT2D eigenvalue weighted by Gasteiger charge is -2.11. The van der Waals surface area contributed by atoms with E-state index in [4.69, 9.17) is 14.2 Å². The van der Waals surface area contributed by atoms with Crippen LogP contribution in [0.5, 0.6) is 17.2 Å². The quantitative estimate of drug-likeness (QED) is 0.167. The minimum absolute atomic E-state index is 0.00789. The monoisotopic (exact) mass is 450 g/mol. The first-order valence-corrected chi connectivity index (χ1v) is 10.9. The molecule has 0 aliphatic heterocycles. The molecular formula is C26H30N2O5. The average Bonchev–Trinajstić information content (AvgIpc) is 2.82. The number of nitrogens with zero attached hydrogens (tertiary/aromatic N) is 1. The number of esters is 1. The molecule has 0 heterocycles. The summed E-state index contributed by atoms with van der Waals surface area (Å²) in [4.78, 5) is 24.4. The Balaban J connectivity index is 1.92. The number of nitriles is 1. The molecule has 7 nitrogen and oxygen atoms in total. The van der Waals surface area contributed by atoms with E-state index in [0.29, 0.717) is 30.9 Å². The minimum atomic E-state index is -0.423. The van der Waals surface area contributed by atoms with Crippen LogP contribution in [0.15, 0.2) is 48.0 Å². The van der Waals surface area contributed by atoms with Crippen molar-refractivity contribution in [1.82, 2.24) is 5.32 Å².